The molecule has 1 aliphatic heterocycles. The van der Waals surface area contributed by atoms with E-state index in [1.807, 2.05) is 0 Å². The van der Waals surface area contributed by atoms with E-state index in [-0.39, 0.29) is 10.9 Å². The van der Waals surface area contributed by atoms with Gasteiger partial charge in [0.25, 0.3) is 0 Å². The summed E-state index contributed by atoms with van der Waals surface area (Å²) >= 11 is 0. The van der Waals surface area contributed by atoms with Crippen LogP contribution in [0.2, 0.25) is 0 Å². The molecule has 0 bridgehead atoms. The third kappa shape index (κ3) is 2.66. The number of rotatable bonds is 2. The number of nitrogens with zero attached hydrogens (tertiary/aromatic N) is 2. The second kappa shape index (κ2) is 5.57. The largest absolute Gasteiger partial charge is 0.384 e. The van der Waals surface area contributed by atoms with Crippen LogP contribution < -0.4 is 5.73 Å². The van der Waals surface area contributed by atoms with Crippen LogP contribution in [0.5, 0.6) is 0 Å². The Hall–Kier alpha value is -1.14. The molecule has 3 rings (SSSR count). The Balaban J connectivity index is 1.92. The molecule has 2 aliphatic rings. The molecule has 1 aromatic heterocycles. The third-order valence-corrected chi connectivity index (χ3v) is 6.96. The monoisotopic (exact) mass is 309 g/mol. The Labute approximate surface area is 126 Å². The molecule has 5 nitrogen and oxygen atoms in total. The molecule has 1 aromatic rings. The van der Waals surface area contributed by atoms with Crippen molar-refractivity contribution in [2.75, 3.05) is 12.3 Å². The number of nitrogens with two attached hydrogens (primary N) is 1. The summed E-state index contributed by atoms with van der Waals surface area (Å²) in [6, 6.07) is 3.27. The van der Waals surface area contributed by atoms with Crippen molar-refractivity contribution < 1.29 is 8.42 Å². The SMILES string of the molecule is CC1CCN(S(=O)(=O)c2ccc(N)nc2)C2CCCCC12. The van der Waals surface area contributed by atoms with Gasteiger partial charge < -0.3 is 5.73 Å². The van der Waals surface area contributed by atoms with E-state index in [9.17, 15) is 8.42 Å². The van der Waals surface area contributed by atoms with Gasteiger partial charge in [-0.2, -0.15) is 4.31 Å². The molecule has 0 spiro atoms. The van der Waals surface area contributed by atoms with Crippen molar-refractivity contribution >= 4 is 15.8 Å². The average Bonchev–Trinajstić information content (AvgIpc) is 2.48. The fourth-order valence-electron chi connectivity index (χ4n) is 3.85. The Kier molecular flexibility index (Phi) is 3.92. The quantitative estimate of drug-likeness (QED) is 0.909. The number of hydrogen-bond acceptors (Lipinski definition) is 4. The van der Waals surface area contributed by atoms with Crippen LogP contribution in [0.25, 0.3) is 0 Å². The molecule has 0 aromatic carbocycles. The van der Waals surface area contributed by atoms with Crippen molar-refractivity contribution in [3.63, 3.8) is 0 Å². The summed E-state index contributed by atoms with van der Waals surface area (Å²) in [5, 5.41) is 0. The summed E-state index contributed by atoms with van der Waals surface area (Å²) in [6.07, 6.45) is 6.81. The summed E-state index contributed by atoms with van der Waals surface area (Å²) in [6.45, 7) is 2.88. The lowest BCUT2D eigenvalue weighted by atomic mass is 9.74. The van der Waals surface area contributed by atoms with Crippen molar-refractivity contribution in [1.29, 1.82) is 0 Å². The lowest BCUT2D eigenvalue weighted by molar-refractivity contribution is 0.0827. The number of pyridine rings is 1. The zero-order valence-electron chi connectivity index (χ0n) is 12.4. The van der Waals surface area contributed by atoms with Crippen LogP contribution in [0.15, 0.2) is 23.2 Å². The van der Waals surface area contributed by atoms with Gasteiger partial charge in [-0.1, -0.05) is 19.8 Å². The fraction of sp³-hybridized carbons (Fsp3) is 0.667. The van der Waals surface area contributed by atoms with Crippen LogP contribution in [-0.2, 0) is 10.0 Å². The minimum absolute atomic E-state index is 0.157. The van der Waals surface area contributed by atoms with Gasteiger partial charge in [0.2, 0.25) is 10.0 Å². The summed E-state index contributed by atoms with van der Waals surface area (Å²) in [5.41, 5.74) is 5.55. The molecule has 1 saturated carbocycles. The van der Waals surface area contributed by atoms with Gasteiger partial charge in [-0.05, 0) is 43.2 Å². The minimum atomic E-state index is -3.46. The van der Waals surface area contributed by atoms with E-state index in [1.54, 1.807) is 16.4 Å². The van der Waals surface area contributed by atoms with Gasteiger partial charge in [0.15, 0.2) is 0 Å². The van der Waals surface area contributed by atoms with Crippen LogP contribution in [0.1, 0.15) is 39.0 Å². The van der Waals surface area contributed by atoms with Crippen LogP contribution in [0.4, 0.5) is 5.82 Å². The van der Waals surface area contributed by atoms with Crippen LogP contribution in [0, 0.1) is 11.8 Å². The number of hydrogen-bond donors (Lipinski definition) is 1. The molecule has 21 heavy (non-hydrogen) atoms. The van der Waals surface area contributed by atoms with Crippen LogP contribution >= 0.6 is 0 Å². The number of sulfonamides is 1. The van der Waals surface area contributed by atoms with Crippen LogP contribution in [0.3, 0.4) is 0 Å². The van der Waals surface area contributed by atoms with Crippen molar-refractivity contribution in [3.8, 4) is 0 Å². The Morgan fingerprint density at radius 1 is 1.24 bits per heavy atom. The number of fused-ring (bicyclic) bond motifs is 1. The van der Waals surface area contributed by atoms with E-state index in [0.717, 1.165) is 25.7 Å². The van der Waals surface area contributed by atoms with Crippen LogP contribution in [-0.4, -0.2) is 30.3 Å². The highest BCUT2D eigenvalue weighted by Crippen LogP contribution is 2.40. The molecular weight excluding hydrogens is 286 g/mol. The Morgan fingerprint density at radius 2 is 2.00 bits per heavy atom. The highest BCUT2D eigenvalue weighted by molar-refractivity contribution is 7.89. The standard InChI is InChI=1S/C15H23N3O2S/c1-11-8-9-18(14-5-3-2-4-13(11)14)21(19,20)12-6-7-15(16)17-10-12/h6-7,10-11,13-14H,2-5,8-9H2,1H3,(H2,16,17). The van der Waals surface area contributed by atoms with E-state index in [1.165, 1.54) is 12.6 Å². The summed E-state index contributed by atoms with van der Waals surface area (Å²) in [5.74, 6) is 1.46. The van der Waals surface area contributed by atoms with Crippen molar-refractivity contribution in [2.24, 2.45) is 11.8 Å². The smallest absolute Gasteiger partial charge is 0.244 e. The van der Waals surface area contributed by atoms with Gasteiger partial charge in [0, 0.05) is 18.8 Å². The van der Waals surface area contributed by atoms with Crippen molar-refractivity contribution in [3.05, 3.63) is 18.3 Å². The highest BCUT2D eigenvalue weighted by Gasteiger charge is 2.42. The van der Waals surface area contributed by atoms with Gasteiger partial charge in [-0.15, -0.1) is 0 Å². The molecule has 6 heteroatoms. The lowest BCUT2D eigenvalue weighted by Gasteiger charge is -2.46. The molecule has 0 radical (unpaired) electrons. The number of piperidine rings is 1. The predicted octanol–water partition coefficient (Wildman–Crippen LogP) is 2.25. The summed E-state index contributed by atoms with van der Waals surface area (Å²) in [4.78, 5) is 4.19. The molecule has 3 atom stereocenters. The van der Waals surface area contributed by atoms with Gasteiger partial charge in [-0.3, -0.25) is 0 Å². The summed E-state index contributed by atoms with van der Waals surface area (Å²) in [7, 11) is -3.46. The van der Waals surface area contributed by atoms with Crippen molar-refractivity contribution in [1.82, 2.24) is 9.29 Å². The molecule has 1 aliphatic carbocycles. The van der Waals surface area contributed by atoms with E-state index in [2.05, 4.69) is 11.9 Å². The Morgan fingerprint density at radius 3 is 2.71 bits per heavy atom. The molecule has 3 unspecified atom stereocenters. The molecule has 2 N–H and O–H groups in total. The third-order valence-electron chi connectivity index (χ3n) is 5.05. The first-order chi connectivity index (χ1) is 10.00. The van der Waals surface area contributed by atoms with Gasteiger partial charge >= 0.3 is 0 Å². The maximum atomic E-state index is 12.9. The highest BCUT2D eigenvalue weighted by atomic mass is 32.2. The van der Waals surface area contributed by atoms with E-state index in [4.69, 9.17) is 5.73 Å². The maximum absolute atomic E-state index is 12.9. The first-order valence-corrected chi connectivity index (χ1v) is 9.17. The molecule has 2 fully saturated rings. The van der Waals surface area contributed by atoms with Crippen molar-refractivity contribution in [2.45, 2.75) is 50.0 Å². The summed E-state index contributed by atoms with van der Waals surface area (Å²) < 4.78 is 27.5. The molecule has 0 amide bonds. The zero-order valence-corrected chi connectivity index (χ0v) is 13.2. The topological polar surface area (TPSA) is 76.3 Å². The molecular formula is C15H23N3O2S. The first-order valence-electron chi connectivity index (χ1n) is 7.73. The maximum Gasteiger partial charge on any atom is 0.244 e. The molecule has 116 valence electrons. The van der Waals surface area contributed by atoms with E-state index < -0.39 is 10.0 Å². The second-order valence-electron chi connectivity index (χ2n) is 6.32. The predicted molar refractivity (Wildman–Crippen MR) is 82.1 cm³/mol. The minimum Gasteiger partial charge on any atom is -0.384 e. The van der Waals surface area contributed by atoms with E-state index in [0.29, 0.717) is 24.2 Å². The lowest BCUT2D eigenvalue weighted by Crippen LogP contribution is -2.52. The molecule has 2 heterocycles. The normalized spacial score (nSPS) is 30.8. The molecule has 1 saturated heterocycles. The van der Waals surface area contributed by atoms with Gasteiger partial charge in [-0.25, -0.2) is 13.4 Å². The second-order valence-corrected chi connectivity index (χ2v) is 8.21. The van der Waals surface area contributed by atoms with Gasteiger partial charge in [0.1, 0.15) is 10.7 Å². The van der Waals surface area contributed by atoms with E-state index >= 15 is 0 Å². The first kappa shape index (κ1) is 14.8. The number of anilines is 1. The van der Waals surface area contributed by atoms with Gasteiger partial charge in [0.05, 0.1) is 0 Å². The Bertz CT molecular complexity index is 600. The number of aromatic nitrogens is 1. The average molecular weight is 309 g/mol. The zero-order chi connectivity index (χ0) is 15.0. The number of nitrogen functional groups attached to an aromatic ring is 1. The fourth-order valence-corrected chi connectivity index (χ4v) is 5.51.